The van der Waals surface area contributed by atoms with Gasteiger partial charge in [0.05, 0.1) is 50.6 Å². The molecule has 0 aliphatic rings. The smallest absolute Gasteiger partial charge is 0.367 e. The van der Waals surface area contributed by atoms with E-state index >= 15 is 0 Å². The molecule has 0 unspecified atom stereocenters. The van der Waals surface area contributed by atoms with Crippen molar-refractivity contribution in [1.29, 1.82) is 0 Å². The van der Waals surface area contributed by atoms with Gasteiger partial charge in [-0.1, -0.05) is 143 Å². The third kappa shape index (κ3) is 15.0. The summed E-state index contributed by atoms with van der Waals surface area (Å²) in [5, 5.41) is 19.9. The Morgan fingerprint density at radius 1 is 0.266 bits per heavy atom. The van der Waals surface area contributed by atoms with Gasteiger partial charge < -0.3 is 42.4 Å². The summed E-state index contributed by atoms with van der Waals surface area (Å²) in [5.74, 6) is 2.67. The maximum Gasteiger partial charge on any atom is 2.00 e. The van der Waals surface area contributed by atoms with Crippen molar-refractivity contribution in [3.63, 3.8) is 0 Å². The normalized spacial score (nSPS) is 11.4. The van der Waals surface area contributed by atoms with E-state index in [1.165, 1.54) is 53.7 Å². The fraction of sp³-hybridized carbons (Fsp3) is 0.0275. The molecule has 19 heteroatoms. The van der Waals surface area contributed by atoms with E-state index < -0.39 is 0 Å². The minimum atomic E-state index is 0. The first-order valence-corrected chi connectivity index (χ1v) is 44.6. The number of thiophene rings is 4. The van der Waals surface area contributed by atoms with E-state index in [1.807, 2.05) is 91.4 Å². The number of fused-ring (bicyclic) bond motifs is 12. The second kappa shape index (κ2) is 35.2. The van der Waals surface area contributed by atoms with Crippen molar-refractivity contribution in [2.75, 3.05) is 0 Å². The molecule has 12 aromatic carbocycles. The van der Waals surface area contributed by atoms with Crippen LogP contribution in [0.3, 0.4) is 0 Å². The molecule has 0 radical (unpaired) electrons. The Morgan fingerprint density at radius 2 is 0.727 bits per heavy atom. The van der Waals surface area contributed by atoms with Crippen LogP contribution in [0.15, 0.2) is 354 Å². The van der Waals surface area contributed by atoms with Crippen LogP contribution in [0.1, 0.15) is 0 Å². The molecule has 0 spiro atoms. The summed E-state index contributed by atoms with van der Waals surface area (Å²) < 4.78 is 13.3. The van der Waals surface area contributed by atoms with Gasteiger partial charge in [-0.25, -0.2) is 0 Å². The second-order valence-corrected chi connectivity index (χ2v) is 34.2. The van der Waals surface area contributed by atoms with E-state index in [1.54, 1.807) is 45.3 Å². The van der Waals surface area contributed by atoms with Gasteiger partial charge in [0, 0.05) is 66.0 Å². The summed E-state index contributed by atoms with van der Waals surface area (Å²) in [4.78, 5) is 31.3. The molecule has 0 N–H and O–H groups in total. The summed E-state index contributed by atoms with van der Waals surface area (Å²) >= 11 is 6.92. The van der Waals surface area contributed by atoms with Crippen molar-refractivity contribution in [3.8, 4) is 128 Å². The van der Waals surface area contributed by atoms with Gasteiger partial charge in [0.2, 0.25) is 0 Å². The van der Waals surface area contributed by atoms with Crippen LogP contribution in [0.25, 0.3) is 227 Å². The number of para-hydroxylation sites is 5. The van der Waals surface area contributed by atoms with Crippen molar-refractivity contribution in [1.82, 2.24) is 57.3 Å². The zero-order valence-electron chi connectivity index (χ0n) is 68.5. The summed E-state index contributed by atoms with van der Waals surface area (Å²) in [7, 11) is 6.22. The van der Waals surface area contributed by atoms with Crippen LogP contribution in [0, 0.1) is 36.4 Å². The molecule has 0 atom stereocenters. The zero-order chi connectivity index (χ0) is 83.2. The van der Waals surface area contributed by atoms with Crippen molar-refractivity contribution in [2.45, 2.75) is 0 Å². The number of aryl methyl sites for hydroxylation is 3. The number of aromatic nitrogens is 12. The monoisotopic (exact) mass is 2260 g/mol. The Kier molecular flexibility index (Phi) is 22.8. The van der Waals surface area contributed by atoms with Crippen molar-refractivity contribution >= 4 is 144 Å². The minimum Gasteiger partial charge on any atom is -0.367 e. The molecule has 0 aliphatic carbocycles. The molecule has 25 rings (SSSR count). The van der Waals surface area contributed by atoms with Gasteiger partial charge in [0.15, 0.2) is 0 Å². The maximum absolute atomic E-state index is 5.08. The molecule has 13 heterocycles. The Labute approximate surface area is 796 Å². The van der Waals surface area contributed by atoms with Crippen LogP contribution in [0.5, 0.6) is 0 Å². The van der Waals surface area contributed by atoms with Crippen LogP contribution in [0.2, 0.25) is 0 Å². The Bertz CT molecular complexity index is 8400. The maximum atomic E-state index is 5.08. The molecule has 0 saturated carbocycles. The van der Waals surface area contributed by atoms with E-state index in [2.05, 4.69) is 363 Å². The first kappa shape index (κ1) is 83.0. The minimum absolute atomic E-state index is 0. The standard InChI is InChI=1S/C39H24N4S2.2C35H22N4S.3Pt/c1-42-36-23-25(37-11-6-18-44-37)14-16-33(36)41-39(42)26-13-15-31-30-8-2-3-10-34(30)43(35(31)24-26)29-21-27(32-9-4-5-17-40-32)20-28(22-29)38-12-7-19-45-38;1-38-31-13-3-2-12-30(31)37-35(38)24-15-16-28-33(21-24)39(26-9-6-8-23(20-26)29-11-4-5-18-36-29)32-14-7-10-27(34(28)32)25-17-19-40-22-25;1-38-33-11-3-2-10-31(33)37-35(38)25-12-14-28-29-20-23(26-16-18-40-22-26)13-15-32(29)39(34(28)21-25)27-8-6-7-24(19-27)30-9-4-5-17-36-30;;;/h2-20,22-23H,1H3;2-19,22H,1H3;2-18,20,22H,1H3;;;/q3*-2;3*+2. The van der Waals surface area contributed by atoms with E-state index in [4.69, 9.17) is 15.0 Å². The number of rotatable bonds is 13. The SMILES string of the molecule is Cn1c(-c2[c-]c3c(cc2)c2c(-c4ccsc4)cccc2n3-c2[c-]c(-c3ccccn3)ccc2)nc2ccccc21.Cn1c(-c2[c-]c3c(cc2)c2cc(-c4ccsc4)ccc2n3-c2[c-]c(-c3ccccn3)ccc2)nc2ccccc21.Cn1c(-c2[c-]c3c(cc2)c2ccccc2n3-c2[c-]c(-c3ccccn3)cc(-c3cccs3)c2)nc2ccc(-c3cccs3)cc21.[Pt+2].[Pt+2].[Pt+2]. The number of hydrogen-bond donors (Lipinski definition) is 0. The molecule has 0 amide bonds. The van der Waals surface area contributed by atoms with Gasteiger partial charge in [-0.05, 0) is 224 Å². The zero-order valence-corrected chi connectivity index (χ0v) is 78.6. The first-order chi connectivity index (χ1) is 61.7. The van der Waals surface area contributed by atoms with Gasteiger partial charge in [0.1, 0.15) is 0 Å². The molecule has 12 nitrogen and oxygen atoms in total. The Balaban J connectivity index is 0.000000119. The van der Waals surface area contributed by atoms with Crippen LogP contribution in [-0.4, -0.2) is 57.3 Å². The quantitative estimate of drug-likeness (QED) is 0.106. The summed E-state index contributed by atoms with van der Waals surface area (Å²) in [6, 6.07) is 128. The number of pyridine rings is 3. The van der Waals surface area contributed by atoms with Crippen LogP contribution < -0.4 is 0 Å². The summed E-state index contributed by atoms with van der Waals surface area (Å²) in [6.07, 6.45) is 5.47. The molecule has 25 aromatic rings. The Morgan fingerprint density at radius 3 is 1.28 bits per heavy atom. The van der Waals surface area contributed by atoms with Gasteiger partial charge in [-0.2, -0.15) is 22.7 Å². The number of hydrogen-bond acceptors (Lipinski definition) is 10. The summed E-state index contributed by atoms with van der Waals surface area (Å²) in [5.41, 5.74) is 31.0. The average molecular weight is 2260 g/mol. The van der Waals surface area contributed by atoms with Crippen LogP contribution in [-0.2, 0) is 84.3 Å². The first-order valence-electron chi connectivity index (χ1n) is 41.0. The molecule has 0 aliphatic heterocycles. The molecule has 128 heavy (non-hydrogen) atoms. The number of benzene rings is 12. The fourth-order valence-electron chi connectivity index (χ4n) is 17.5. The van der Waals surface area contributed by atoms with E-state index in [-0.39, 0.29) is 63.2 Å². The number of nitrogens with zero attached hydrogens (tertiary/aromatic N) is 12. The molecule has 0 bridgehead atoms. The van der Waals surface area contributed by atoms with E-state index in [0.717, 1.165) is 173 Å². The van der Waals surface area contributed by atoms with Gasteiger partial charge in [-0.3, -0.25) is 15.0 Å². The second-order valence-electron chi connectivity index (χ2n) is 30.7. The molecule has 618 valence electrons. The van der Waals surface area contributed by atoms with E-state index in [0.29, 0.717) is 0 Å². The van der Waals surface area contributed by atoms with E-state index in [9.17, 15) is 0 Å². The van der Waals surface area contributed by atoms with Gasteiger partial charge in [-0.15, -0.1) is 177 Å². The van der Waals surface area contributed by atoms with Crippen LogP contribution >= 0.6 is 45.3 Å². The largest absolute Gasteiger partial charge is 2.00 e. The molecule has 0 fully saturated rings. The predicted molar refractivity (Wildman–Crippen MR) is 517 cm³/mol. The van der Waals surface area contributed by atoms with Gasteiger partial charge in [0.25, 0.3) is 0 Å². The van der Waals surface area contributed by atoms with Crippen molar-refractivity contribution in [2.24, 2.45) is 21.1 Å². The average Bonchev–Trinajstić information content (AvgIpc) is 2.03. The fourth-order valence-corrected chi connectivity index (χ4v) is 20.2. The van der Waals surface area contributed by atoms with Crippen LogP contribution in [0.4, 0.5) is 0 Å². The number of imidazole rings is 3. The summed E-state index contributed by atoms with van der Waals surface area (Å²) in [6.45, 7) is 0. The predicted octanol–water partition coefficient (Wildman–Crippen LogP) is 27.9. The third-order valence-electron chi connectivity index (χ3n) is 23.4. The molecular weight excluding hydrogens is 2190 g/mol. The molecule has 0 saturated heterocycles. The van der Waals surface area contributed by atoms with Gasteiger partial charge >= 0.3 is 63.2 Å². The molecular formula is C109H68N12Pt3S4. The Hall–Kier alpha value is -13.2. The molecule has 13 aromatic heterocycles. The third-order valence-corrected chi connectivity index (χ3v) is 26.6. The topological polar surface area (TPSA) is 107 Å². The van der Waals surface area contributed by atoms with Crippen molar-refractivity contribution < 1.29 is 63.2 Å². The van der Waals surface area contributed by atoms with Crippen molar-refractivity contribution in [3.05, 3.63) is 391 Å².